The zero-order valence-corrected chi connectivity index (χ0v) is 13.3. The molecule has 0 amide bonds. The van der Waals surface area contributed by atoms with E-state index in [2.05, 4.69) is 10.2 Å². The summed E-state index contributed by atoms with van der Waals surface area (Å²) in [7, 11) is 0. The molecule has 0 spiro atoms. The second-order valence-corrected chi connectivity index (χ2v) is 5.41. The van der Waals surface area contributed by atoms with Crippen LogP contribution in [0, 0.1) is 13.8 Å². The first-order valence-corrected chi connectivity index (χ1v) is 7.07. The smallest absolute Gasteiger partial charge is 0.124 e. The fourth-order valence-corrected chi connectivity index (χ4v) is 2.14. The molecule has 0 fully saturated rings. The molecule has 2 aromatic rings. The van der Waals surface area contributed by atoms with Crippen molar-refractivity contribution in [3.05, 3.63) is 58.7 Å². The first-order chi connectivity index (χ1) is 10.4. The lowest BCUT2D eigenvalue weighted by atomic mass is 10.1. The SMILES string of the molecule is CC(=NN=C(C)c1cc(C)ccc1O)c1cc(C)ccc1O. The average molecular weight is 296 g/mol. The molecule has 0 aromatic heterocycles. The second kappa shape index (κ2) is 6.43. The maximum atomic E-state index is 9.90. The van der Waals surface area contributed by atoms with E-state index < -0.39 is 0 Å². The average Bonchev–Trinajstić information content (AvgIpc) is 2.49. The van der Waals surface area contributed by atoms with Gasteiger partial charge in [0.05, 0.1) is 11.4 Å². The largest absolute Gasteiger partial charge is 0.507 e. The molecule has 0 saturated heterocycles. The Hall–Kier alpha value is -2.62. The molecule has 2 rings (SSSR count). The summed E-state index contributed by atoms with van der Waals surface area (Å²) in [6.07, 6.45) is 0. The molecule has 4 nitrogen and oxygen atoms in total. The predicted molar refractivity (Wildman–Crippen MR) is 90.1 cm³/mol. The second-order valence-electron chi connectivity index (χ2n) is 5.41. The lowest BCUT2D eigenvalue weighted by Crippen LogP contribution is -1.98. The molecule has 0 unspecified atom stereocenters. The van der Waals surface area contributed by atoms with E-state index in [1.807, 2.05) is 38.1 Å². The van der Waals surface area contributed by atoms with E-state index in [0.717, 1.165) is 11.1 Å². The van der Waals surface area contributed by atoms with Crippen LogP contribution in [0.3, 0.4) is 0 Å². The van der Waals surface area contributed by atoms with E-state index >= 15 is 0 Å². The Bertz CT molecular complexity index is 696. The molecule has 0 radical (unpaired) electrons. The summed E-state index contributed by atoms with van der Waals surface area (Å²) in [5.41, 5.74) is 4.63. The maximum absolute atomic E-state index is 9.90. The topological polar surface area (TPSA) is 65.2 Å². The summed E-state index contributed by atoms with van der Waals surface area (Å²) in [6.45, 7) is 7.49. The fourth-order valence-electron chi connectivity index (χ4n) is 2.14. The van der Waals surface area contributed by atoms with Crippen LogP contribution in [0.4, 0.5) is 0 Å². The Labute approximate surface area is 130 Å². The maximum Gasteiger partial charge on any atom is 0.124 e. The normalized spacial score (nSPS) is 12.5. The van der Waals surface area contributed by atoms with Crippen LogP contribution in [-0.4, -0.2) is 21.6 Å². The van der Waals surface area contributed by atoms with Crippen molar-refractivity contribution in [3.8, 4) is 11.5 Å². The molecule has 0 aliphatic heterocycles. The first kappa shape index (κ1) is 15.8. The predicted octanol–water partition coefficient (Wildman–Crippen LogP) is 3.95. The van der Waals surface area contributed by atoms with Crippen molar-refractivity contribution in [1.82, 2.24) is 0 Å². The number of benzene rings is 2. The molecule has 22 heavy (non-hydrogen) atoms. The van der Waals surface area contributed by atoms with Gasteiger partial charge in [0, 0.05) is 11.1 Å². The van der Waals surface area contributed by atoms with Gasteiger partial charge in [-0.15, -0.1) is 0 Å². The summed E-state index contributed by atoms with van der Waals surface area (Å²) in [6, 6.07) is 10.7. The van der Waals surface area contributed by atoms with Gasteiger partial charge in [0.15, 0.2) is 0 Å². The molecule has 0 aliphatic rings. The van der Waals surface area contributed by atoms with Gasteiger partial charge in [0.25, 0.3) is 0 Å². The number of hydrogen-bond donors (Lipinski definition) is 2. The number of nitrogens with zero attached hydrogens (tertiary/aromatic N) is 2. The van der Waals surface area contributed by atoms with E-state index in [-0.39, 0.29) is 11.5 Å². The Morgan fingerprint density at radius 1 is 0.727 bits per heavy atom. The third-order valence-corrected chi connectivity index (χ3v) is 3.43. The minimum atomic E-state index is 0.179. The highest BCUT2D eigenvalue weighted by Gasteiger charge is 2.07. The molecule has 0 atom stereocenters. The van der Waals surface area contributed by atoms with Crippen molar-refractivity contribution in [2.45, 2.75) is 27.7 Å². The minimum Gasteiger partial charge on any atom is -0.507 e. The van der Waals surface area contributed by atoms with Crippen molar-refractivity contribution >= 4 is 11.4 Å². The molecular formula is C18H20N2O2. The van der Waals surface area contributed by atoms with E-state index in [1.54, 1.807) is 26.0 Å². The third kappa shape index (κ3) is 3.52. The summed E-state index contributed by atoms with van der Waals surface area (Å²) in [5.74, 6) is 0.358. The molecule has 0 saturated carbocycles. The number of rotatable bonds is 3. The highest BCUT2D eigenvalue weighted by molar-refractivity contribution is 6.04. The van der Waals surface area contributed by atoms with Crippen molar-refractivity contribution < 1.29 is 10.2 Å². The molecule has 114 valence electrons. The molecular weight excluding hydrogens is 276 g/mol. The van der Waals surface area contributed by atoms with Gasteiger partial charge in [0.1, 0.15) is 11.5 Å². The van der Waals surface area contributed by atoms with Gasteiger partial charge >= 0.3 is 0 Å². The van der Waals surface area contributed by atoms with E-state index in [9.17, 15) is 10.2 Å². The standard InChI is InChI=1S/C18H20N2O2/c1-11-5-7-17(21)15(9-11)13(3)19-20-14(4)16-10-12(2)6-8-18(16)22/h5-10,21-22H,1-4H3. The van der Waals surface area contributed by atoms with E-state index in [1.165, 1.54) is 0 Å². The zero-order chi connectivity index (χ0) is 16.3. The van der Waals surface area contributed by atoms with Gasteiger partial charge < -0.3 is 10.2 Å². The van der Waals surface area contributed by atoms with Crippen LogP contribution in [0.25, 0.3) is 0 Å². The van der Waals surface area contributed by atoms with Crippen molar-refractivity contribution in [3.63, 3.8) is 0 Å². The lowest BCUT2D eigenvalue weighted by molar-refractivity contribution is 0.473. The summed E-state index contributed by atoms with van der Waals surface area (Å²) >= 11 is 0. The lowest BCUT2D eigenvalue weighted by Gasteiger charge is -2.06. The molecule has 0 aliphatic carbocycles. The van der Waals surface area contributed by atoms with Crippen LogP contribution in [0.1, 0.15) is 36.1 Å². The Morgan fingerprint density at radius 2 is 1.09 bits per heavy atom. The number of aryl methyl sites for hydroxylation is 2. The number of phenols is 2. The van der Waals surface area contributed by atoms with Gasteiger partial charge in [0.2, 0.25) is 0 Å². The van der Waals surface area contributed by atoms with Crippen LogP contribution >= 0.6 is 0 Å². The first-order valence-electron chi connectivity index (χ1n) is 7.07. The van der Waals surface area contributed by atoms with Crippen molar-refractivity contribution in [2.24, 2.45) is 10.2 Å². The van der Waals surface area contributed by atoms with Crippen LogP contribution < -0.4 is 0 Å². The Balaban J connectivity index is 2.36. The van der Waals surface area contributed by atoms with Gasteiger partial charge in [-0.05, 0) is 52.0 Å². The van der Waals surface area contributed by atoms with E-state index in [4.69, 9.17) is 0 Å². The highest BCUT2D eigenvalue weighted by atomic mass is 16.3. The number of aromatic hydroxyl groups is 2. The van der Waals surface area contributed by atoms with Crippen LogP contribution in [0.2, 0.25) is 0 Å². The number of phenolic OH excluding ortho intramolecular Hbond substituents is 2. The number of hydrogen-bond acceptors (Lipinski definition) is 4. The van der Waals surface area contributed by atoms with Crippen molar-refractivity contribution in [2.75, 3.05) is 0 Å². The monoisotopic (exact) mass is 296 g/mol. The van der Waals surface area contributed by atoms with E-state index in [0.29, 0.717) is 22.6 Å². The van der Waals surface area contributed by atoms with Crippen molar-refractivity contribution in [1.29, 1.82) is 0 Å². The molecule has 2 aromatic carbocycles. The van der Waals surface area contributed by atoms with Gasteiger partial charge in [-0.3, -0.25) is 0 Å². The Morgan fingerprint density at radius 3 is 1.45 bits per heavy atom. The van der Waals surface area contributed by atoms with Gasteiger partial charge in [-0.2, -0.15) is 10.2 Å². The summed E-state index contributed by atoms with van der Waals surface area (Å²) < 4.78 is 0. The fraction of sp³-hybridized carbons (Fsp3) is 0.222. The van der Waals surface area contributed by atoms with Crippen LogP contribution in [-0.2, 0) is 0 Å². The molecule has 0 heterocycles. The Kier molecular flexibility index (Phi) is 4.61. The molecule has 0 bridgehead atoms. The summed E-state index contributed by atoms with van der Waals surface area (Å²) in [5, 5.41) is 28.2. The van der Waals surface area contributed by atoms with Gasteiger partial charge in [-0.25, -0.2) is 0 Å². The third-order valence-electron chi connectivity index (χ3n) is 3.43. The quantitative estimate of drug-likeness (QED) is 0.665. The molecule has 4 heteroatoms. The zero-order valence-electron chi connectivity index (χ0n) is 13.3. The minimum absolute atomic E-state index is 0.179. The van der Waals surface area contributed by atoms with Crippen LogP contribution in [0.5, 0.6) is 11.5 Å². The van der Waals surface area contributed by atoms with Gasteiger partial charge in [-0.1, -0.05) is 23.3 Å². The summed E-state index contributed by atoms with van der Waals surface area (Å²) in [4.78, 5) is 0. The highest BCUT2D eigenvalue weighted by Crippen LogP contribution is 2.21. The van der Waals surface area contributed by atoms with Crippen LogP contribution in [0.15, 0.2) is 46.6 Å². The molecule has 2 N–H and O–H groups in total.